The molecule has 0 aliphatic heterocycles. The summed E-state index contributed by atoms with van der Waals surface area (Å²) in [7, 11) is 0. The molecule has 0 saturated carbocycles. The first-order valence-electron chi connectivity index (χ1n) is 12.0. The van der Waals surface area contributed by atoms with Crippen LogP contribution in [0.15, 0.2) is 60.9 Å². The lowest BCUT2D eigenvalue weighted by atomic mass is 10.0. The lowest BCUT2D eigenvalue weighted by molar-refractivity contribution is -0.130. The quantitative estimate of drug-likeness (QED) is 0.124. The number of rotatable bonds is 8. The summed E-state index contributed by atoms with van der Waals surface area (Å²) in [6.45, 7) is 5.22. The Bertz CT molecular complexity index is 1420. The van der Waals surface area contributed by atoms with E-state index in [1.165, 1.54) is 0 Å². The molecule has 4 rings (SSSR count). The Balaban J connectivity index is 1.58. The number of nitrogens with one attached hydrogen (secondary N) is 5. The Hall–Kier alpha value is -4.31. The molecule has 10 heteroatoms. The largest absolute Gasteiger partial charge is 0.444 e. The zero-order chi connectivity index (χ0) is 26.6. The lowest BCUT2D eigenvalue weighted by Crippen LogP contribution is -2.56. The Morgan fingerprint density at radius 2 is 1.30 bits per heavy atom. The van der Waals surface area contributed by atoms with Crippen molar-refractivity contribution in [3.8, 4) is 0 Å². The summed E-state index contributed by atoms with van der Waals surface area (Å²) in [6, 6.07) is 13.4. The maximum absolute atomic E-state index is 13.5. The number of benzene rings is 2. The van der Waals surface area contributed by atoms with Gasteiger partial charge in [-0.15, -0.1) is 0 Å². The summed E-state index contributed by atoms with van der Waals surface area (Å²) in [6.07, 6.45) is 3.25. The van der Waals surface area contributed by atoms with E-state index in [0.717, 1.165) is 32.9 Å². The van der Waals surface area contributed by atoms with Crippen molar-refractivity contribution in [3.05, 3.63) is 72.1 Å². The molecule has 0 aliphatic rings. The fourth-order valence-corrected chi connectivity index (χ4v) is 4.28. The van der Waals surface area contributed by atoms with Crippen molar-refractivity contribution in [2.24, 2.45) is 5.84 Å². The number of H-pyrrole nitrogens is 2. The van der Waals surface area contributed by atoms with Gasteiger partial charge < -0.3 is 25.3 Å². The molecule has 0 bridgehead atoms. The number of carbonyl (C=O) groups is 3. The number of hydrogen-bond acceptors (Lipinski definition) is 5. The first-order chi connectivity index (χ1) is 17.6. The zero-order valence-corrected chi connectivity index (χ0v) is 21.1. The van der Waals surface area contributed by atoms with Crippen molar-refractivity contribution in [3.63, 3.8) is 0 Å². The number of fused-ring (bicyclic) bond motifs is 2. The van der Waals surface area contributed by atoms with Gasteiger partial charge in [-0.25, -0.2) is 10.6 Å². The van der Waals surface area contributed by atoms with Crippen LogP contribution in [0.25, 0.3) is 21.8 Å². The highest BCUT2D eigenvalue weighted by Gasteiger charge is 2.29. The molecule has 194 valence electrons. The fraction of sp³-hybridized carbons (Fsp3) is 0.296. The summed E-state index contributed by atoms with van der Waals surface area (Å²) in [5.41, 5.74) is 4.89. The van der Waals surface area contributed by atoms with E-state index in [2.05, 4.69) is 26.0 Å². The molecule has 0 spiro atoms. The van der Waals surface area contributed by atoms with E-state index in [-0.39, 0.29) is 12.8 Å². The van der Waals surface area contributed by atoms with Crippen LogP contribution in [0.4, 0.5) is 4.79 Å². The minimum absolute atomic E-state index is 0.180. The van der Waals surface area contributed by atoms with Crippen LogP contribution in [0.5, 0.6) is 0 Å². The van der Waals surface area contributed by atoms with Gasteiger partial charge in [0.15, 0.2) is 0 Å². The number of aromatic nitrogens is 2. The van der Waals surface area contributed by atoms with Crippen molar-refractivity contribution in [1.82, 2.24) is 26.0 Å². The van der Waals surface area contributed by atoms with Crippen molar-refractivity contribution < 1.29 is 19.1 Å². The van der Waals surface area contributed by atoms with Crippen LogP contribution in [0.1, 0.15) is 31.9 Å². The van der Waals surface area contributed by atoms with Gasteiger partial charge in [0.1, 0.15) is 17.7 Å². The molecule has 7 N–H and O–H groups in total. The van der Waals surface area contributed by atoms with Gasteiger partial charge in [-0.1, -0.05) is 36.4 Å². The van der Waals surface area contributed by atoms with Crippen LogP contribution >= 0.6 is 0 Å². The van der Waals surface area contributed by atoms with Gasteiger partial charge in [0.2, 0.25) is 5.91 Å². The highest BCUT2D eigenvalue weighted by Crippen LogP contribution is 2.21. The number of nitrogens with two attached hydrogens (primary N) is 1. The molecule has 4 aromatic rings. The molecule has 10 nitrogen and oxygen atoms in total. The average Bonchev–Trinajstić information content (AvgIpc) is 3.46. The third-order valence-corrected chi connectivity index (χ3v) is 5.98. The minimum atomic E-state index is -1.01. The molecule has 0 radical (unpaired) electrons. The summed E-state index contributed by atoms with van der Waals surface area (Å²) < 4.78 is 5.39. The standard InChI is InChI=1S/C27H32N6O4/c1-27(2,3)37-26(36)32-22(12-16-14-29-20-10-6-4-8-18(16)20)24(34)31-23(25(35)33-28)13-17-15-30-21-11-7-5-9-19(17)21/h4-11,14-15,22-23,29-30H,12-13,28H2,1-3H3,(H,31,34)(H,32,36)(H,33,35). The van der Waals surface area contributed by atoms with E-state index < -0.39 is 35.6 Å². The predicted molar refractivity (Wildman–Crippen MR) is 141 cm³/mol. The number of aromatic amines is 2. The van der Waals surface area contributed by atoms with Crippen LogP contribution in [0, 0.1) is 0 Å². The van der Waals surface area contributed by atoms with E-state index >= 15 is 0 Å². The van der Waals surface area contributed by atoms with E-state index in [0.29, 0.717) is 0 Å². The van der Waals surface area contributed by atoms with Crippen molar-refractivity contribution in [1.29, 1.82) is 0 Å². The normalized spacial score (nSPS) is 13.2. The van der Waals surface area contributed by atoms with E-state index in [1.54, 1.807) is 33.2 Å². The van der Waals surface area contributed by atoms with Crippen LogP contribution in [0.3, 0.4) is 0 Å². The Labute approximate surface area is 214 Å². The predicted octanol–water partition coefficient (Wildman–Crippen LogP) is 2.80. The second-order valence-electron chi connectivity index (χ2n) is 9.90. The molecule has 0 saturated heterocycles. The number of alkyl carbamates (subject to hydrolysis) is 1. The minimum Gasteiger partial charge on any atom is -0.444 e. The Morgan fingerprint density at radius 3 is 1.78 bits per heavy atom. The molecule has 2 aromatic carbocycles. The highest BCUT2D eigenvalue weighted by atomic mass is 16.6. The number of hydrogen-bond donors (Lipinski definition) is 6. The highest BCUT2D eigenvalue weighted by molar-refractivity contribution is 5.93. The number of amides is 3. The third kappa shape index (κ3) is 6.28. The summed E-state index contributed by atoms with van der Waals surface area (Å²) in [5, 5.41) is 7.32. The number of ether oxygens (including phenoxy) is 1. The first kappa shape index (κ1) is 25.8. The van der Waals surface area contributed by atoms with Gasteiger partial charge in [-0.3, -0.25) is 15.0 Å². The average molecular weight is 505 g/mol. The fourth-order valence-electron chi connectivity index (χ4n) is 4.28. The van der Waals surface area contributed by atoms with Gasteiger partial charge in [0.25, 0.3) is 5.91 Å². The van der Waals surface area contributed by atoms with Gasteiger partial charge in [0, 0.05) is 47.0 Å². The van der Waals surface area contributed by atoms with Gasteiger partial charge >= 0.3 is 6.09 Å². The van der Waals surface area contributed by atoms with Crippen LogP contribution in [0.2, 0.25) is 0 Å². The van der Waals surface area contributed by atoms with E-state index in [1.807, 2.05) is 48.5 Å². The van der Waals surface area contributed by atoms with E-state index in [9.17, 15) is 14.4 Å². The maximum atomic E-state index is 13.5. The Morgan fingerprint density at radius 1 is 0.811 bits per heavy atom. The smallest absolute Gasteiger partial charge is 0.408 e. The van der Waals surface area contributed by atoms with Crippen LogP contribution < -0.4 is 21.9 Å². The van der Waals surface area contributed by atoms with Crippen molar-refractivity contribution >= 4 is 39.7 Å². The maximum Gasteiger partial charge on any atom is 0.408 e. The molecule has 2 aromatic heterocycles. The second-order valence-corrected chi connectivity index (χ2v) is 9.90. The lowest BCUT2D eigenvalue weighted by Gasteiger charge is -2.25. The molecule has 2 unspecified atom stereocenters. The molecule has 0 aliphatic carbocycles. The SMILES string of the molecule is CC(C)(C)OC(=O)NC(Cc1c[nH]c2ccccc12)C(=O)NC(Cc1c[nH]c2ccccc12)C(=O)NN. The van der Waals surface area contributed by atoms with E-state index in [4.69, 9.17) is 10.6 Å². The van der Waals surface area contributed by atoms with Gasteiger partial charge in [-0.05, 0) is 44.0 Å². The molecule has 0 fully saturated rings. The molecular formula is C27H32N6O4. The monoisotopic (exact) mass is 504 g/mol. The van der Waals surface area contributed by atoms with Crippen molar-refractivity contribution in [2.45, 2.75) is 51.3 Å². The summed E-state index contributed by atoms with van der Waals surface area (Å²) in [5.74, 6) is 4.34. The molecule has 3 amide bonds. The molecule has 2 heterocycles. The summed E-state index contributed by atoms with van der Waals surface area (Å²) in [4.78, 5) is 45.1. The second kappa shape index (κ2) is 10.8. The molecular weight excluding hydrogens is 472 g/mol. The van der Waals surface area contributed by atoms with Gasteiger partial charge in [-0.2, -0.15) is 0 Å². The summed E-state index contributed by atoms with van der Waals surface area (Å²) >= 11 is 0. The van der Waals surface area contributed by atoms with Crippen molar-refractivity contribution in [2.75, 3.05) is 0 Å². The number of hydrazine groups is 1. The number of carbonyl (C=O) groups excluding carboxylic acids is 3. The number of para-hydroxylation sites is 2. The molecule has 37 heavy (non-hydrogen) atoms. The third-order valence-electron chi connectivity index (χ3n) is 5.98. The van der Waals surface area contributed by atoms with Gasteiger partial charge in [0.05, 0.1) is 0 Å². The topological polar surface area (TPSA) is 154 Å². The zero-order valence-electron chi connectivity index (χ0n) is 21.1. The first-order valence-corrected chi connectivity index (χ1v) is 12.0. The van der Waals surface area contributed by atoms with Crippen LogP contribution in [-0.4, -0.2) is 45.6 Å². The molecule has 2 atom stereocenters. The van der Waals surface area contributed by atoms with Crippen LogP contribution in [-0.2, 0) is 27.2 Å². The Kier molecular flexibility index (Phi) is 7.49.